The highest BCUT2D eigenvalue weighted by molar-refractivity contribution is 6.99. The molecule has 0 bridgehead atoms. The molecule has 44 heavy (non-hydrogen) atoms. The molecule has 0 unspecified atom stereocenters. The van der Waals surface area contributed by atoms with Gasteiger partial charge in [-0.25, -0.2) is 9.69 Å². The fourth-order valence-corrected chi connectivity index (χ4v) is 10.6. The smallest absolute Gasteiger partial charge is 0.417 e. The Morgan fingerprint density at radius 2 is 1.57 bits per heavy atom. The van der Waals surface area contributed by atoms with Crippen LogP contribution in [0, 0.1) is 0 Å². The van der Waals surface area contributed by atoms with Crippen molar-refractivity contribution in [2.24, 2.45) is 0 Å². The van der Waals surface area contributed by atoms with Crippen molar-refractivity contribution in [1.82, 2.24) is 4.90 Å². The Labute approximate surface area is 262 Å². The number of carbonyl (C=O) groups excluding carboxylic acids is 2. The van der Waals surface area contributed by atoms with E-state index >= 15 is 0 Å². The number of nitrogens with zero attached hydrogens (tertiary/aromatic N) is 1. The van der Waals surface area contributed by atoms with Crippen molar-refractivity contribution in [3.05, 3.63) is 109 Å². The highest BCUT2D eigenvalue weighted by atomic mass is 28.4. The van der Waals surface area contributed by atoms with Gasteiger partial charge in [-0.2, -0.15) is 0 Å². The maximum absolute atomic E-state index is 13.8. The van der Waals surface area contributed by atoms with Crippen LogP contribution in [0.5, 0.6) is 0 Å². The molecule has 1 N–H and O–H groups in total. The highest BCUT2D eigenvalue weighted by Gasteiger charge is 2.50. The van der Waals surface area contributed by atoms with E-state index in [1.165, 1.54) is 10.4 Å². The Hall–Kier alpha value is -3.56. The maximum atomic E-state index is 13.8. The van der Waals surface area contributed by atoms with Crippen molar-refractivity contribution >= 4 is 30.7 Å². The lowest BCUT2D eigenvalue weighted by Crippen LogP contribution is -2.66. The summed E-state index contributed by atoms with van der Waals surface area (Å²) in [5.74, 6) is -0.585. The lowest BCUT2D eigenvalue weighted by molar-refractivity contribution is -0.150. The van der Waals surface area contributed by atoms with Gasteiger partial charge in [0.05, 0.1) is 18.8 Å². The minimum Gasteiger partial charge on any atom is -0.447 e. The highest BCUT2D eigenvalue weighted by Crippen LogP contribution is 2.37. The monoisotopic (exact) mass is 615 g/mol. The molecule has 0 radical (unpaired) electrons. The summed E-state index contributed by atoms with van der Waals surface area (Å²) in [6, 6.07) is 29.9. The molecule has 0 saturated carbocycles. The van der Waals surface area contributed by atoms with Crippen molar-refractivity contribution in [3.63, 3.8) is 0 Å². The van der Waals surface area contributed by atoms with E-state index in [0.717, 1.165) is 10.5 Å². The van der Waals surface area contributed by atoms with Gasteiger partial charge in [-0.1, -0.05) is 118 Å². The zero-order chi connectivity index (χ0) is 31.6. The van der Waals surface area contributed by atoms with E-state index in [9.17, 15) is 14.7 Å². The number of hydrogen-bond acceptors (Lipinski definition) is 6. The Morgan fingerprint density at radius 3 is 2.11 bits per heavy atom. The molecule has 1 aliphatic rings. The summed E-state index contributed by atoms with van der Waals surface area (Å²) >= 11 is 0. The Balaban J connectivity index is 1.49. The van der Waals surface area contributed by atoms with Crippen LogP contribution in [0.3, 0.4) is 0 Å². The van der Waals surface area contributed by atoms with E-state index in [1.54, 1.807) is 6.08 Å². The van der Waals surface area contributed by atoms with Crippen molar-refractivity contribution < 1.29 is 28.6 Å². The van der Waals surface area contributed by atoms with Crippen LogP contribution in [0.2, 0.25) is 5.04 Å². The number of ether oxygens (including phenoxy) is 2. The van der Waals surface area contributed by atoms with Crippen LogP contribution in [-0.2, 0) is 25.1 Å². The summed E-state index contributed by atoms with van der Waals surface area (Å²) in [5.41, 5.74) is 0.985. The van der Waals surface area contributed by atoms with Gasteiger partial charge in [0.25, 0.3) is 14.2 Å². The molecule has 234 valence electrons. The number of aliphatic hydroxyl groups excluding tert-OH is 1. The SMILES string of the molecule is C=CCCO[C@H](C(=O)N1C(=O)OC[C@@H]1Cc1ccccc1)[C@H](O)CCCO[Si](c1ccccc1)(c1ccccc1)C(C)(C)C. The number of rotatable bonds is 15. The van der Waals surface area contributed by atoms with Gasteiger partial charge >= 0.3 is 6.09 Å². The second-order valence-electron chi connectivity index (χ2n) is 12.2. The predicted octanol–water partition coefficient (Wildman–Crippen LogP) is 5.26. The summed E-state index contributed by atoms with van der Waals surface area (Å²) < 4.78 is 18.1. The largest absolute Gasteiger partial charge is 0.447 e. The number of benzene rings is 3. The number of imide groups is 1. The summed E-state index contributed by atoms with van der Waals surface area (Å²) in [7, 11) is -2.73. The molecular formula is C36H45NO6Si. The van der Waals surface area contributed by atoms with Crippen LogP contribution in [0.25, 0.3) is 0 Å². The van der Waals surface area contributed by atoms with Gasteiger partial charge in [0.2, 0.25) is 0 Å². The number of carbonyl (C=O) groups is 2. The lowest BCUT2D eigenvalue weighted by Gasteiger charge is -2.43. The first-order chi connectivity index (χ1) is 21.2. The summed E-state index contributed by atoms with van der Waals surface area (Å²) in [5, 5.41) is 13.5. The Morgan fingerprint density at radius 1 is 1.00 bits per heavy atom. The first-order valence-corrected chi connectivity index (χ1v) is 17.3. The topological polar surface area (TPSA) is 85.3 Å². The number of cyclic esters (lactones) is 1. The van der Waals surface area contributed by atoms with Crippen LogP contribution in [0.1, 0.15) is 45.6 Å². The predicted molar refractivity (Wildman–Crippen MR) is 175 cm³/mol. The fourth-order valence-electron chi connectivity index (χ4n) is 5.96. The van der Waals surface area contributed by atoms with Gasteiger partial charge < -0.3 is 19.0 Å². The zero-order valence-electron chi connectivity index (χ0n) is 26.1. The van der Waals surface area contributed by atoms with Crippen LogP contribution in [0.15, 0.2) is 104 Å². The molecule has 1 heterocycles. The average Bonchev–Trinajstić information content (AvgIpc) is 3.39. The lowest BCUT2D eigenvalue weighted by atomic mass is 10.0. The standard InChI is InChI=1S/C36H45NO6Si/c1-5-6-24-41-33(34(39)37-29(27-42-35(37)40)26-28-17-10-7-11-18-28)32(38)23-16-25-43-44(36(2,3)4,30-19-12-8-13-20-30)31-21-14-9-15-22-31/h5,7-15,17-22,29,32-33,38H,1,6,16,23-27H2,2-4H3/t29-,32+,33-/m0/s1. The molecule has 2 amide bonds. The van der Waals surface area contributed by atoms with E-state index < -0.39 is 38.6 Å². The third-order valence-corrected chi connectivity index (χ3v) is 13.1. The van der Waals surface area contributed by atoms with Crippen LogP contribution >= 0.6 is 0 Å². The van der Waals surface area contributed by atoms with E-state index in [2.05, 4.69) is 51.6 Å². The number of hydrogen-bond donors (Lipinski definition) is 1. The van der Waals surface area contributed by atoms with E-state index in [-0.39, 0.29) is 24.7 Å². The van der Waals surface area contributed by atoms with E-state index in [4.69, 9.17) is 13.9 Å². The van der Waals surface area contributed by atoms with Gasteiger partial charge in [0, 0.05) is 6.61 Å². The summed E-state index contributed by atoms with van der Waals surface area (Å²) in [6.45, 7) is 11.1. The van der Waals surface area contributed by atoms with Gasteiger partial charge in [-0.05, 0) is 46.7 Å². The second kappa shape index (κ2) is 15.4. The minimum absolute atomic E-state index is 0.0985. The first-order valence-electron chi connectivity index (χ1n) is 15.4. The number of aliphatic hydroxyl groups is 1. The van der Waals surface area contributed by atoms with Crippen molar-refractivity contribution in [1.29, 1.82) is 0 Å². The molecule has 0 aromatic heterocycles. The van der Waals surface area contributed by atoms with Gasteiger partial charge in [0.1, 0.15) is 6.61 Å². The van der Waals surface area contributed by atoms with Crippen molar-refractivity contribution in [2.75, 3.05) is 19.8 Å². The molecule has 0 spiro atoms. The minimum atomic E-state index is -2.73. The Bertz CT molecular complexity index is 1310. The van der Waals surface area contributed by atoms with Gasteiger partial charge in [0.15, 0.2) is 6.10 Å². The van der Waals surface area contributed by atoms with Crippen molar-refractivity contribution in [2.45, 2.75) is 69.7 Å². The molecule has 1 aliphatic heterocycles. The summed E-state index contributed by atoms with van der Waals surface area (Å²) in [4.78, 5) is 27.6. The molecule has 8 heteroatoms. The fraction of sp³-hybridized carbons (Fsp3) is 0.389. The van der Waals surface area contributed by atoms with E-state index in [1.807, 2.05) is 66.7 Å². The van der Waals surface area contributed by atoms with Crippen LogP contribution in [0.4, 0.5) is 4.79 Å². The molecule has 7 nitrogen and oxygen atoms in total. The molecule has 3 aromatic rings. The Kier molecular flexibility index (Phi) is 11.7. The van der Waals surface area contributed by atoms with Crippen molar-refractivity contribution in [3.8, 4) is 0 Å². The zero-order valence-corrected chi connectivity index (χ0v) is 27.1. The van der Waals surface area contributed by atoms with E-state index in [0.29, 0.717) is 25.9 Å². The molecule has 0 aliphatic carbocycles. The molecular weight excluding hydrogens is 570 g/mol. The number of amides is 2. The van der Waals surface area contributed by atoms with Crippen LogP contribution < -0.4 is 10.4 Å². The van der Waals surface area contributed by atoms with Gasteiger partial charge in [-0.15, -0.1) is 6.58 Å². The molecule has 4 rings (SSSR count). The first kappa shape index (κ1) is 33.3. The second-order valence-corrected chi connectivity index (χ2v) is 16.5. The quantitative estimate of drug-likeness (QED) is 0.143. The normalized spacial score (nSPS) is 16.8. The molecule has 3 aromatic carbocycles. The molecule has 3 atom stereocenters. The van der Waals surface area contributed by atoms with Crippen LogP contribution in [-0.4, -0.2) is 68.4 Å². The molecule has 1 fully saturated rings. The average molecular weight is 616 g/mol. The third kappa shape index (κ3) is 7.74. The molecule has 1 saturated heterocycles. The van der Waals surface area contributed by atoms with Gasteiger partial charge in [-0.3, -0.25) is 4.79 Å². The summed E-state index contributed by atoms with van der Waals surface area (Å²) in [6.07, 6.45) is 0.343. The third-order valence-electron chi connectivity index (χ3n) is 8.10. The maximum Gasteiger partial charge on any atom is 0.417 e.